The first-order valence-corrected chi connectivity index (χ1v) is 7.37. The maximum Gasteiger partial charge on any atom is 0.0128 e. The number of rotatable bonds is 5. The Hall–Kier alpha value is -1.12. The fourth-order valence-corrected chi connectivity index (χ4v) is 3.13. The lowest BCUT2D eigenvalue weighted by atomic mass is 10.0. The monoisotopic (exact) mass is 259 g/mol. The van der Waals surface area contributed by atoms with Crippen LogP contribution in [-0.4, -0.2) is 6.04 Å². The van der Waals surface area contributed by atoms with Gasteiger partial charge in [-0.15, -0.1) is 11.3 Å². The molecule has 0 bridgehead atoms. The summed E-state index contributed by atoms with van der Waals surface area (Å²) >= 11 is 1.89. The van der Waals surface area contributed by atoms with E-state index in [0.717, 1.165) is 19.3 Å². The molecule has 1 heterocycles. The van der Waals surface area contributed by atoms with Crippen LogP contribution in [0.4, 0.5) is 0 Å². The molecule has 1 atom stereocenters. The maximum atomic E-state index is 6.23. The van der Waals surface area contributed by atoms with Gasteiger partial charge in [-0.25, -0.2) is 0 Å². The van der Waals surface area contributed by atoms with Gasteiger partial charge in [-0.1, -0.05) is 36.8 Å². The van der Waals surface area contributed by atoms with Gasteiger partial charge in [0.1, 0.15) is 0 Å². The van der Waals surface area contributed by atoms with Crippen molar-refractivity contribution in [2.75, 3.05) is 0 Å². The quantitative estimate of drug-likeness (QED) is 0.870. The SMILES string of the molecule is CCc1ccc(CC(N)Cc2ccc(C)cc2)s1. The number of hydrogen-bond acceptors (Lipinski definition) is 2. The first kappa shape index (κ1) is 13.3. The van der Waals surface area contributed by atoms with Crippen molar-refractivity contribution in [2.24, 2.45) is 5.73 Å². The molecule has 0 amide bonds. The molecule has 18 heavy (non-hydrogen) atoms. The largest absolute Gasteiger partial charge is 0.327 e. The van der Waals surface area contributed by atoms with Crippen molar-refractivity contribution in [3.05, 3.63) is 57.3 Å². The highest BCUT2D eigenvalue weighted by molar-refractivity contribution is 7.11. The molecule has 0 spiro atoms. The van der Waals surface area contributed by atoms with Crippen LogP contribution >= 0.6 is 11.3 Å². The van der Waals surface area contributed by atoms with E-state index < -0.39 is 0 Å². The predicted molar refractivity (Wildman–Crippen MR) is 80.3 cm³/mol. The Morgan fingerprint density at radius 2 is 1.67 bits per heavy atom. The van der Waals surface area contributed by atoms with E-state index in [0.29, 0.717) is 0 Å². The Labute approximate surface area is 114 Å². The molecular formula is C16H21NS. The Balaban J connectivity index is 1.91. The van der Waals surface area contributed by atoms with E-state index >= 15 is 0 Å². The van der Waals surface area contributed by atoms with Gasteiger partial charge in [0, 0.05) is 15.8 Å². The summed E-state index contributed by atoms with van der Waals surface area (Å²) in [5.74, 6) is 0. The van der Waals surface area contributed by atoms with Gasteiger partial charge in [0.2, 0.25) is 0 Å². The predicted octanol–water partition coefficient (Wildman–Crippen LogP) is 3.73. The van der Waals surface area contributed by atoms with Crippen LogP contribution in [0.2, 0.25) is 0 Å². The molecule has 2 N–H and O–H groups in total. The van der Waals surface area contributed by atoms with E-state index in [9.17, 15) is 0 Å². The van der Waals surface area contributed by atoms with Crippen LogP contribution in [0, 0.1) is 6.92 Å². The molecule has 1 unspecified atom stereocenters. The molecule has 0 aliphatic rings. The summed E-state index contributed by atoms with van der Waals surface area (Å²) in [4.78, 5) is 2.86. The van der Waals surface area contributed by atoms with Crippen LogP contribution in [0.15, 0.2) is 36.4 Å². The summed E-state index contributed by atoms with van der Waals surface area (Å²) in [6.45, 7) is 4.31. The number of benzene rings is 1. The van der Waals surface area contributed by atoms with Crippen molar-refractivity contribution in [1.82, 2.24) is 0 Å². The van der Waals surface area contributed by atoms with Crippen molar-refractivity contribution >= 4 is 11.3 Å². The minimum absolute atomic E-state index is 0.219. The molecule has 0 aliphatic heterocycles. The zero-order valence-corrected chi connectivity index (χ0v) is 12.0. The summed E-state index contributed by atoms with van der Waals surface area (Å²) in [5, 5.41) is 0. The number of hydrogen-bond donors (Lipinski definition) is 1. The normalized spacial score (nSPS) is 12.6. The molecule has 1 aromatic heterocycles. The van der Waals surface area contributed by atoms with Gasteiger partial charge in [0.15, 0.2) is 0 Å². The number of thiophene rings is 1. The third-order valence-electron chi connectivity index (χ3n) is 3.15. The van der Waals surface area contributed by atoms with E-state index in [-0.39, 0.29) is 6.04 Å². The topological polar surface area (TPSA) is 26.0 Å². The van der Waals surface area contributed by atoms with Crippen LogP contribution in [0.25, 0.3) is 0 Å². The lowest BCUT2D eigenvalue weighted by Gasteiger charge is -2.10. The molecule has 1 aromatic carbocycles. The van der Waals surface area contributed by atoms with Gasteiger partial charge in [-0.3, -0.25) is 0 Å². The second-order valence-electron chi connectivity index (χ2n) is 4.88. The summed E-state index contributed by atoms with van der Waals surface area (Å²) in [7, 11) is 0. The number of aryl methyl sites for hydroxylation is 2. The third-order valence-corrected chi connectivity index (χ3v) is 4.40. The first-order chi connectivity index (χ1) is 8.67. The fraction of sp³-hybridized carbons (Fsp3) is 0.375. The summed E-state index contributed by atoms with van der Waals surface area (Å²) < 4.78 is 0. The van der Waals surface area contributed by atoms with Crippen molar-refractivity contribution < 1.29 is 0 Å². The molecule has 2 rings (SSSR count). The Morgan fingerprint density at radius 3 is 2.28 bits per heavy atom. The van der Waals surface area contributed by atoms with Crippen molar-refractivity contribution in [3.63, 3.8) is 0 Å². The van der Waals surface area contributed by atoms with Crippen LogP contribution < -0.4 is 5.73 Å². The standard InChI is InChI=1S/C16H21NS/c1-3-15-8-9-16(18-15)11-14(17)10-13-6-4-12(2)5-7-13/h4-9,14H,3,10-11,17H2,1-2H3. The van der Waals surface area contributed by atoms with Gasteiger partial charge in [-0.05, 0) is 43.9 Å². The molecule has 0 saturated carbocycles. The highest BCUT2D eigenvalue weighted by atomic mass is 32.1. The Kier molecular flexibility index (Phi) is 4.56. The summed E-state index contributed by atoms with van der Waals surface area (Å²) in [6.07, 6.45) is 3.07. The van der Waals surface area contributed by atoms with Crippen molar-refractivity contribution in [3.8, 4) is 0 Å². The molecule has 2 aromatic rings. The average Bonchev–Trinajstić information content (AvgIpc) is 2.79. The molecule has 0 radical (unpaired) electrons. The van der Waals surface area contributed by atoms with Gasteiger partial charge in [0.25, 0.3) is 0 Å². The van der Waals surface area contributed by atoms with E-state index in [2.05, 4.69) is 50.2 Å². The average molecular weight is 259 g/mol. The highest BCUT2D eigenvalue weighted by Gasteiger charge is 2.07. The maximum absolute atomic E-state index is 6.23. The Bertz CT molecular complexity index is 484. The van der Waals surface area contributed by atoms with Gasteiger partial charge in [-0.2, -0.15) is 0 Å². The van der Waals surface area contributed by atoms with Crippen molar-refractivity contribution in [1.29, 1.82) is 0 Å². The smallest absolute Gasteiger partial charge is 0.0128 e. The summed E-state index contributed by atoms with van der Waals surface area (Å²) in [5.41, 5.74) is 8.87. The minimum Gasteiger partial charge on any atom is -0.327 e. The molecule has 0 saturated heterocycles. The second kappa shape index (κ2) is 6.17. The zero-order valence-electron chi connectivity index (χ0n) is 11.1. The van der Waals surface area contributed by atoms with Crippen molar-refractivity contribution in [2.45, 2.75) is 39.2 Å². The number of nitrogens with two attached hydrogens (primary N) is 1. The second-order valence-corrected chi connectivity index (χ2v) is 6.13. The van der Waals surface area contributed by atoms with Crippen LogP contribution in [0.3, 0.4) is 0 Å². The van der Waals surface area contributed by atoms with Gasteiger partial charge in [0.05, 0.1) is 0 Å². The fourth-order valence-electron chi connectivity index (χ4n) is 2.08. The molecule has 0 aliphatic carbocycles. The lowest BCUT2D eigenvalue weighted by molar-refractivity contribution is 0.671. The highest BCUT2D eigenvalue weighted by Crippen LogP contribution is 2.19. The van der Waals surface area contributed by atoms with E-state index in [1.54, 1.807) is 0 Å². The van der Waals surface area contributed by atoms with Crippen LogP contribution in [-0.2, 0) is 19.3 Å². The summed E-state index contributed by atoms with van der Waals surface area (Å²) in [6, 6.07) is 13.3. The minimum atomic E-state index is 0.219. The van der Waals surface area contributed by atoms with Gasteiger partial charge >= 0.3 is 0 Å². The molecule has 2 heteroatoms. The molecular weight excluding hydrogens is 238 g/mol. The molecule has 1 nitrogen and oxygen atoms in total. The van der Waals surface area contributed by atoms with Crippen LogP contribution in [0.5, 0.6) is 0 Å². The van der Waals surface area contributed by atoms with E-state index in [4.69, 9.17) is 5.73 Å². The van der Waals surface area contributed by atoms with E-state index in [1.807, 2.05) is 11.3 Å². The third kappa shape index (κ3) is 3.69. The Morgan fingerprint density at radius 1 is 1.00 bits per heavy atom. The molecule has 0 fully saturated rings. The zero-order chi connectivity index (χ0) is 13.0. The van der Waals surface area contributed by atoms with Crippen LogP contribution in [0.1, 0.15) is 27.8 Å². The van der Waals surface area contributed by atoms with E-state index in [1.165, 1.54) is 20.9 Å². The lowest BCUT2D eigenvalue weighted by Crippen LogP contribution is -2.25. The first-order valence-electron chi connectivity index (χ1n) is 6.56. The van der Waals surface area contributed by atoms with Gasteiger partial charge < -0.3 is 5.73 Å². The molecule has 96 valence electrons.